The number of non-ortho nitro benzene ring substituents is 1. The summed E-state index contributed by atoms with van der Waals surface area (Å²) in [5.74, 6) is -0.328. The van der Waals surface area contributed by atoms with Gasteiger partial charge >= 0.3 is 0 Å². The van der Waals surface area contributed by atoms with Crippen LogP contribution in [0.3, 0.4) is 0 Å². The van der Waals surface area contributed by atoms with E-state index in [1.165, 1.54) is 0 Å². The molecule has 8 nitrogen and oxygen atoms in total. The van der Waals surface area contributed by atoms with Crippen molar-refractivity contribution in [2.45, 2.75) is 6.42 Å². The molecule has 2 rings (SSSR count). The van der Waals surface area contributed by atoms with Crippen LogP contribution in [0, 0.1) is 20.2 Å². The van der Waals surface area contributed by atoms with Gasteiger partial charge in [-0.3, -0.25) is 25.0 Å². The zero-order chi connectivity index (χ0) is 12.6. The van der Waals surface area contributed by atoms with Crippen LogP contribution in [0.4, 0.5) is 17.1 Å². The molecule has 8 heteroatoms. The number of nitrogens with zero attached hydrogens (tertiary/aromatic N) is 2. The Morgan fingerprint density at radius 1 is 1.18 bits per heavy atom. The van der Waals surface area contributed by atoms with Gasteiger partial charge in [0.1, 0.15) is 5.69 Å². The van der Waals surface area contributed by atoms with Crippen LogP contribution in [-0.4, -0.2) is 22.2 Å². The van der Waals surface area contributed by atoms with E-state index in [9.17, 15) is 25.0 Å². The van der Waals surface area contributed by atoms with E-state index in [4.69, 9.17) is 0 Å². The van der Waals surface area contributed by atoms with Gasteiger partial charge in [-0.25, -0.2) is 0 Å². The summed E-state index contributed by atoms with van der Waals surface area (Å²) in [7, 11) is 0. The molecule has 0 saturated heterocycles. The second-order valence-electron chi connectivity index (χ2n) is 3.50. The summed E-state index contributed by atoms with van der Waals surface area (Å²) in [6.45, 7) is 0.296. The molecule has 1 aliphatic heterocycles. The van der Waals surface area contributed by atoms with Crippen molar-refractivity contribution < 1.29 is 14.6 Å². The molecule has 17 heavy (non-hydrogen) atoms. The smallest absolute Gasteiger partial charge is 0.299 e. The predicted molar refractivity (Wildman–Crippen MR) is 57.2 cm³/mol. The Kier molecular flexibility index (Phi) is 2.47. The van der Waals surface area contributed by atoms with Gasteiger partial charge in [0.25, 0.3) is 11.4 Å². The van der Waals surface area contributed by atoms with Gasteiger partial charge in [0.15, 0.2) is 5.78 Å². The third-order valence-corrected chi connectivity index (χ3v) is 2.46. The number of hydrogen-bond acceptors (Lipinski definition) is 6. The SMILES string of the molecule is O=C1CCNc2c1cc([N+](=O)[O-])cc2[N+](=O)[O-]. The van der Waals surface area contributed by atoms with Crippen molar-refractivity contribution in [3.63, 3.8) is 0 Å². The van der Waals surface area contributed by atoms with Gasteiger partial charge in [-0.2, -0.15) is 0 Å². The van der Waals surface area contributed by atoms with Crippen LogP contribution >= 0.6 is 0 Å². The average molecular weight is 237 g/mol. The molecule has 1 N–H and O–H groups in total. The molecule has 88 valence electrons. The van der Waals surface area contributed by atoms with Crippen molar-refractivity contribution in [2.24, 2.45) is 0 Å². The third kappa shape index (κ3) is 1.80. The molecule has 0 aliphatic carbocycles. The van der Waals surface area contributed by atoms with Gasteiger partial charge in [-0.15, -0.1) is 0 Å². The summed E-state index contributed by atoms with van der Waals surface area (Å²) in [6.07, 6.45) is 0.172. The third-order valence-electron chi connectivity index (χ3n) is 2.46. The number of benzene rings is 1. The summed E-state index contributed by atoms with van der Waals surface area (Å²) in [5, 5.41) is 24.1. The molecule has 0 saturated carbocycles. The molecular formula is C9H7N3O5. The van der Waals surface area contributed by atoms with Gasteiger partial charge < -0.3 is 5.32 Å². The number of anilines is 1. The van der Waals surface area contributed by atoms with Gasteiger partial charge in [-0.05, 0) is 0 Å². The van der Waals surface area contributed by atoms with Crippen LogP contribution in [0.15, 0.2) is 12.1 Å². The van der Waals surface area contributed by atoms with Gasteiger partial charge in [0.2, 0.25) is 0 Å². The summed E-state index contributed by atoms with van der Waals surface area (Å²) < 4.78 is 0. The van der Waals surface area contributed by atoms with Gasteiger partial charge in [-0.1, -0.05) is 0 Å². The van der Waals surface area contributed by atoms with Crippen molar-refractivity contribution in [1.82, 2.24) is 0 Å². The molecule has 0 unspecified atom stereocenters. The standard InChI is InChI=1S/C9H7N3O5/c13-8-1-2-10-9-6(8)3-5(11(14)15)4-7(9)12(16)17/h3-4,10H,1-2H2. The van der Waals surface area contributed by atoms with E-state index in [1.54, 1.807) is 0 Å². The quantitative estimate of drug-likeness (QED) is 0.615. The highest BCUT2D eigenvalue weighted by Gasteiger charge is 2.29. The number of ketones is 1. The topological polar surface area (TPSA) is 115 Å². The fourth-order valence-electron chi connectivity index (χ4n) is 1.70. The molecule has 0 atom stereocenters. The first-order chi connectivity index (χ1) is 8.00. The Labute approximate surface area is 94.5 Å². The number of nitrogens with one attached hydrogen (secondary N) is 1. The second kappa shape index (κ2) is 3.81. The predicted octanol–water partition coefficient (Wildman–Crippen LogP) is 1.50. The van der Waals surface area contributed by atoms with E-state index < -0.39 is 21.2 Å². The molecule has 0 amide bonds. The number of hydrogen-bond donors (Lipinski definition) is 1. The first-order valence-corrected chi connectivity index (χ1v) is 4.74. The normalized spacial score (nSPS) is 13.8. The fraction of sp³-hybridized carbons (Fsp3) is 0.222. The van der Waals surface area contributed by atoms with Gasteiger partial charge in [0.05, 0.1) is 21.5 Å². The zero-order valence-corrected chi connectivity index (χ0v) is 8.50. The highest BCUT2D eigenvalue weighted by molar-refractivity contribution is 6.05. The minimum Gasteiger partial charge on any atom is -0.378 e. The number of nitro groups is 2. The van der Waals surface area contributed by atoms with Crippen LogP contribution in [0.5, 0.6) is 0 Å². The lowest BCUT2D eigenvalue weighted by Gasteiger charge is -2.16. The minimum atomic E-state index is -0.755. The molecular weight excluding hydrogens is 230 g/mol. The van der Waals surface area contributed by atoms with Crippen molar-refractivity contribution in [3.05, 3.63) is 37.9 Å². The molecule has 0 fully saturated rings. The number of fused-ring (bicyclic) bond motifs is 1. The molecule has 1 heterocycles. The molecule has 0 spiro atoms. The lowest BCUT2D eigenvalue weighted by molar-refractivity contribution is -0.393. The lowest BCUT2D eigenvalue weighted by Crippen LogP contribution is -2.19. The van der Waals surface area contributed by atoms with Crippen LogP contribution in [-0.2, 0) is 0 Å². The Hall–Kier alpha value is -2.51. The maximum atomic E-state index is 11.5. The average Bonchev–Trinajstić information content (AvgIpc) is 2.28. The number of carbonyl (C=O) groups is 1. The summed E-state index contributed by atoms with van der Waals surface area (Å²) >= 11 is 0. The Bertz CT molecular complexity index is 522. The second-order valence-corrected chi connectivity index (χ2v) is 3.50. The van der Waals surface area contributed by atoms with Crippen LogP contribution in [0.2, 0.25) is 0 Å². The molecule has 0 radical (unpaired) electrons. The van der Waals surface area contributed by atoms with Crippen molar-refractivity contribution >= 4 is 22.8 Å². The zero-order valence-electron chi connectivity index (χ0n) is 8.50. The van der Waals surface area contributed by atoms with Crippen molar-refractivity contribution in [1.29, 1.82) is 0 Å². The van der Waals surface area contributed by atoms with E-state index in [1.807, 2.05) is 0 Å². The molecule has 0 aromatic heterocycles. The lowest BCUT2D eigenvalue weighted by atomic mass is 10.00. The minimum absolute atomic E-state index is 0.0113. The Morgan fingerprint density at radius 2 is 1.88 bits per heavy atom. The molecule has 0 bridgehead atoms. The monoisotopic (exact) mass is 237 g/mol. The number of carbonyl (C=O) groups excluding carboxylic acids is 1. The highest BCUT2D eigenvalue weighted by Crippen LogP contribution is 2.35. The highest BCUT2D eigenvalue weighted by atomic mass is 16.6. The van der Waals surface area contributed by atoms with E-state index in [0.29, 0.717) is 6.54 Å². The van der Waals surface area contributed by atoms with Crippen LogP contribution in [0.25, 0.3) is 0 Å². The van der Waals surface area contributed by atoms with Crippen LogP contribution < -0.4 is 5.32 Å². The maximum Gasteiger partial charge on any atom is 0.299 e. The first kappa shape index (κ1) is 11.0. The van der Waals surface area contributed by atoms with Crippen LogP contribution in [0.1, 0.15) is 16.8 Å². The fourth-order valence-corrected chi connectivity index (χ4v) is 1.70. The van der Waals surface area contributed by atoms with Crippen molar-refractivity contribution in [3.8, 4) is 0 Å². The maximum absolute atomic E-state index is 11.5. The number of Topliss-reactive ketones (excluding diaryl/α,β-unsaturated/α-hetero) is 1. The van der Waals surface area contributed by atoms with Gasteiger partial charge in [0, 0.05) is 19.0 Å². The summed E-state index contributed by atoms with van der Waals surface area (Å²) in [4.78, 5) is 31.5. The van der Waals surface area contributed by atoms with E-state index in [2.05, 4.69) is 5.32 Å². The Balaban J connectivity index is 2.70. The van der Waals surface area contributed by atoms with Crippen molar-refractivity contribution in [2.75, 3.05) is 11.9 Å². The molecule has 1 aromatic rings. The number of nitro benzene ring substituents is 2. The van der Waals surface area contributed by atoms with E-state index in [-0.39, 0.29) is 23.5 Å². The molecule has 1 aromatic carbocycles. The van der Waals surface area contributed by atoms with E-state index in [0.717, 1.165) is 12.1 Å². The molecule has 1 aliphatic rings. The van der Waals surface area contributed by atoms with E-state index >= 15 is 0 Å². The summed E-state index contributed by atoms with van der Waals surface area (Å²) in [6, 6.07) is 1.92. The largest absolute Gasteiger partial charge is 0.378 e. The summed E-state index contributed by atoms with van der Waals surface area (Å²) in [5.41, 5.74) is -0.816. The Morgan fingerprint density at radius 3 is 2.47 bits per heavy atom. The number of rotatable bonds is 2. The first-order valence-electron chi connectivity index (χ1n) is 4.74.